The van der Waals surface area contributed by atoms with Gasteiger partial charge in [0.2, 0.25) is 0 Å². The molecule has 4 heteroatoms. The molecule has 0 fully saturated rings. The van der Waals surface area contributed by atoms with Gasteiger partial charge in [-0.2, -0.15) is 0 Å². The fourth-order valence-electron chi connectivity index (χ4n) is 1.73. The fraction of sp³-hybridized carbons (Fsp3) is 0.455. The minimum atomic E-state index is 0.801. The van der Waals surface area contributed by atoms with E-state index in [-0.39, 0.29) is 0 Å². The lowest BCUT2D eigenvalue weighted by atomic mass is 10.5. The first-order valence-corrected chi connectivity index (χ1v) is 5.07. The summed E-state index contributed by atoms with van der Waals surface area (Å²) in [4.78, 5) is 8.57. The number of aromatic nitrogens is 4. The van der Waals surface area contributed by atoms with Crippen LogP contribution in [0.15, 0.2) is 12.4 Å². The van der Waals surface area contributed by atoms with E-state index in [1.807, 2.05) is 26.2 Å². The van der Waals surface area contributed by atoms with Gasteiger partial charge in [-0.25, -0.2) is 9.97 Å². The number of hydrogen-bond donors (Lipinski definition) is 0. The Bertz CT molecular complexity index is 395. The smallest absolute Gasteiger partial charge is 0.107 e. The molecule has 0 aliphatic carbocycles. The molecule has 0 saturated heterocycles. The molecular formula is C11H16N4. The summed E-state index contributed by atoms with van der Waals surface area (Å²) in [6, 6.07) is 0. The van der Waals surface area contributed by atoms with Crippen LogP contribution in [-0.4, -0.2) is 19.1 Å². The van der Waals surface area contributed by atoms with E-state index < -0.39 is 0 Å². The van der Waals surface area contributed by atoms with E-state index in [0.717, 1.165) is 18.3 Å². The Labute approximate surface area is 89.6 Å². The molecule has 0 bridgehead atoms. The fourth-order valence-corrected chi connectivity index (χ4v) is 1.73. The highest BCUT2D eigenvalue weighted by Gasteiger charge is 2.06. The zero-order valence-corrected chi connectivity index (χ0v) is 9.65. The minimum Gasteiger partial charge on any atom is -0.314 e. The molecule has 2 aromatic heterocycles. The predicted molar refractivity (Wildman–Crippen MR) is 58.8 cm³/mol. The van der Waals surface area contributed by atoms with Crippen molar-refractivity contribution < 1.29 is 0 Å². The molecule has 80 valence electrons. The van der Waals surface area contributed by atoms with Crippen molar-refractivity contribution in [2.24, 2.45) is 0 Å². The van der Waals surface area contributed by atoms with E-state index in [1.54, 1.807) is 0 Å². The first kappa shape index (κ1) is 9.96. The number of rotatable bonds is 2. The summed E-state index contributed by atoms with van der Waals surface area (Å²) in [5, 5.41) is 0. The van der Waals surface area contributed by atoms with Gasteiger partial charge in [-0.3, -0.25) is 0 Å². The number of aryl methyl sites for hydroxylation is 4. The standard InChI is InChI=1S/C11H16N4/c1-8-5-12-10(3)14(8)7-15-9(2)6-13-11(15)4/h5-6H,7H2,1-4H3. The highest BCUT2D eigenvalue weighted by atomic mass is 15.2. The topological polar surface area (TPSA) is 35.6 Å². The molecule has 0 unspecified atom stereocenters. The predicted octanol–water partition coefficient (Wildman–Crippen LogP) is 1.82. The normalized spacial score (nSPS) is 10.9. The molecule has 2 heterocycles. The first-order valence-electron chi connectivity index (χ1n) is 5.07. The Morgan fingerprint density at radius 3 is 1.53 bits per heavy atom. The van der Waals surface area contributed by atoms with Crippen LogP contribution in [-0.2, 0) is 6.67 Å². The lowest BCUT2D eigenvalue weighted by Crippen LogP contribution is -2.13. The molecule has 0 atom stereocenters. The van der Waals surface area contributed by atoms with Crippen LogP contribution < -0.4 is 0 Å². The molecule has 0 aromatic carbocycles. The zero-order chi connectivity index (χ0) is 11.0. The van der Waals surface area contributed by atoms with Crippen LogP contribution in [0.3, 0.4) is 0 Å². The molecule has 15 heavy (non-hydrogen) atoms. The van der Waals surface area contributed by atoms with Crippen molar-refractivity contribution in [3.8, 4) is 0 Å². The average Bonchev–Trinajstić information content (AvgIpc) is 2.67. The molecule has 2 rings (SSSR count). The van der Waals surface area contributed by atoms with Crippen LogP contribution in [0.4, 0.5) is 0 Å². The van der Waals surface area contributed by atoms with Crippen LogP contribution in [0.25, 0.3) is 0 Å². The van der Waals surface area contributed by atoms with Gasteiger partial charge < -0.3 is 9.13 Å². The molecule has 0 radical (unpaired) electrons. The van der Waals surface area contributed by atoms with Crippen molar-refractivity contribution in [2.75, 3.05) is 0 Å². The third kappa shape index (κ3) is 1.67. The minimum absolute atomic E-state index is 0.801. The third-order valence-corrected chi connectivity index (χ3v) is 2.79. The van der Waals surface area contributed by atoms with E-state index in [1.165, 1.54) is 11.4 Å². The second-order valence-electron chi connectivity index (χ2n) is 3.89. The van der Waals surface area contributed by atoms with Gasteiger partial charge in [0.1, 0.15) is 18.3 Å². The number of imidazole rings is 2. The van der Waals surface area contributed by atoms with Gasteiger partial charge in [-0.05, 0) is 27.7 Å². The maximum atomic E-state index is 4.29. The Morgan fingerprint density at radius 2 is 1.27 bits per heavy atom. The molecule has 0 N–H and O–H groups in total. The van der Waals surface area contributed by atoms with Crippen LogP contribution in [0.5, 0.6) is 0 Å². The van der Waals surface area contributed by atoms with Crippen molar-refractivity contribution in [2.45, 2.75) is 34.4 Å². The van der Waals surface area contributed by atoms with E-state index in [2.05, 4.69) is 32.9 Å². The van der Waals surface area contributed by atoms with Crippen molar-refractivity contribution in [3.63, 3.8) is 0 Å². The largest absolute Gasteiger partial charge is 0.314 e. The third-order valence-electron chi connectivity index (χ3n) is 2.79. The molecular weight excluding hydrogens is 188 g/mol. The zero-order valence-electron chi connectivity index (χ0n) is 9.65. The van der Waals surface area contributed by atoms with E-state index >= 15 is 0 Å². The number of hydrogen-bond acceptors (Lipinski definition) is 2. The van der Waals surface area contributed by atoms with Crippen LogP contribution in [0, 0.1) is 27.7 Å². The van der Waals surface area contributed by atoms with Crippen molar-refractivity contribution >= 4 is 0 Å². The van der Waals surface area contributed by atoms with E-state index in [4.69, 9.17) is 0 Å². The summed E-state index contributed by atoms with van der Waals surface area (Å²) in [6.07, 6.45) is 3.80. The maximum Gasteiger partial charge on any atom is 0.107 e. The van der Waals surface area contributed by atoms with Crippen molar-refractivity contribution in [1.29, 1.82) is 0 Å². The Hall–Kier alpha value is -1.58. The Morgan fingerprint density at radius 1 is 0.867 bits per heavy atom. The average molecular weight is 204 g/mol. The Balaban J connectivity index is 2.37. The van der Waals surface area contributed by atoms with Gasteiger partial charge in [0.15, 0.2) is 0 Å². The lowest BCUT2D eigenvalue weighted by Gasteiger charge is -2.12. The summed E-state index contributed by atoms with van der Waals surface area (Å²) in [6.45, 7) is 8.99. The van der Waals surface area contributed by atoms with Crippen molar-refractivity contribution in [3.05, 3.63) is 35.4 Å². The molecule has 4 nitrogen and oxygen atoms in total. The first-order chi connectivity index (χ1) is 7.09. The van der Waals surface area contributed by atoms with E-state index in [9.17, 15) is 0 Å². The second kappa shape index (κ2) is 3.53. The van der Waals surface area contributed by atoms with Crippen LogP contribution >= 0.6 is 0 Å². The van der Waals surface area contributed by atoms with Crippen LogP contribution in [0.2, 0.25) is 0 Å². The second-order valence-corrected chi connectivity index (χ2v) is 3.89. The lowest BCUT2D eigenvalue weighted by molar-refractivity contribution is 0.558. The van der Waals surface area contributed by atoms with Gasteiger partial charge in [-0.1, -0.05) is 0 Å². The molecule has 0 aliphatic rings. The summed E-state index contributed by atoms with van der Waals surface area (Å²) in [5.41, 5.74) is 2.36. The maximum absolute atomic E-state index is 4.29. The van der Waals surface area contributed by atoms with Crippen molar-refractivity contribution in [1.82, 2.24) is 19.1 Å². The highest BCUT2D eigenvalue weighted by molar-refractivity contribution is 5.06. The quantitative estimate of drug-likeness (QED) is 0.748. The summed E-state index contributed by atoms with van der Waals surface area (Å²) >= 11 is 0. The van der Waals surface area contributed by atoms with Crippen LogP contribution in [0.1, 0.15) is 23.0 Å². The summed E-state index contributed by atoms with van der Waals surface area (Å²) < 4.78 is 4.36. The van der Waals surface area contributed by atoms with Gasteiger partial charge in [-0.15, -0.1) is 0 Å². The molecule has 2 aromatic rings. The molecule has 0 aliphatic heterocycles. The van der Waals surface area contributed by atoms with Gasteiger partial charge >= 0.3 is 0 Å². The number of nitrogens with zero attached hydrogens (tertiary/aromatic N) is 4. The van der Waals surface area contributed by atoms with Gasteiger partial charge in [0.05, 0.1) is 0 Å². The van der Waals surface area contributed by atoms with E-state index in [0.29, 0.717) is 0 Å². The Kier molecular flexibility index (Phi) is 2.34. The molecule has 0 amide bonds. The van der Waals surface area contributed by atoms with Gasteiger partial charge in [0.25, 0.3) is 0 Å². The molecule has 0 spiro atoms. The van der Waals surface area contributed by atoms with Gasteiger partial charge in [0, 0.05) is 23.8 Å². The highest BCUT2D eigenvalue weighted by Crippen LogP contribution is 2.08. The molecule has 0 saturated carbocycles. The summed E-state index contributed by atoms with van der Waals surface area (Å²) in [5.74, 6) is 2.08. The SMILES string of the molecule is Cc1cnc(C)n1Cn1c(C)cnc1C. The monoisotopic (exact) mass is 204 g/mol. The summed E-state index contributed by atoms with van der Waals surface area (Å²) in [7, 11) is 0.